The number of hydrogen-bond acceptors (Lipinski definition) is 3. The van der Waals surface area contributed by atoms with Crippen molar-refractivity contribution < 1.29 is 19.0 Å². The Morgan fingerprint density at radius 1 is 1.53 bits per heavy atom. The van der Waals surface area contributed by atoms with Crippen molar-refractivity contribution in [3.05, 3.63) is 23.5 Å². The quantitative estimate of drug-likeness (QED) is 0.894. The summed E-state index contributed by atoms with van der Waals surface area (Å²) < 4.78 is 25.3. The molecule has 1 saturated carbocycles. The SMILES string of the molecule is CCOc1ccc2c(c1F)OC1CC(C)(O)CC[C@@H]21. The second-order valence-electron chi connectivity index (χ2n) is 5.73. The largest absolute Gasteiger partial charge is 0.491 e. The summed E-state index contributed by atoms with van der Waals surface area (Å²) in [5, 5.41) is 10.1. The first-order chi connectivity index (χ1) is 9.02. The van der Waals surface area contributed by atoms with Crippen LogP contribution in [-0.4, -0.2) is 23.4 Å². The van der Waals surface area contributed by atoms with Crippen LogP contribution in [0.4, 0.5) is 4.39 Å². The van der Waals surface area contributed by atoms with Gasteiger partial charge in [0, 0.05) is 17.9 Å². The molecular formula is C15H19FO3. The third-order valence-electron chi connectivity index (χ3n) is 4.14. The monoisotopic (exact) mass is 266 g/mol. The van der Waals surface area contributed by atoms with Crippen LogP contribution >= 0.6 is 0 Å². The number of rotatable bonds is 2. The molecule has 1 heterocycles. The molecule has 3 nitrogen and oxygen atoms in total. The predicted molar refractivity (Wildman–Crippen MR) is 69.2 cm³/mol. The van der Waals surface area contributed by atoms with E-state index in [-0.39, 0.29) is 17.8 Å². The van der Waals surface area contributed by atoms with Gasteiger partial charge in [0.05, 0.1) is 12.2 Å². The van der Waals surface area contributed by atoms with Gasteiger partial charge in [0.15, 0.2) is 11.5 Å². The highest BCUT2D eigenvalue weighted by atomic mass is 19.1. The highest BCUT2D eigenvalue weighted by molar-refractivity contribution is 5.48. The van der Waals surface area contributed by atoms with E-state index in [1.54, 1.807) is 6.07 Å². The van der Waals surface area contributed by atoms with Crippen molar-refractivity contribution in [2.24, 2.45) is 0 Å². The summed E-state index contributed by atoms with van der Waals surface area (Å²) in [4.78, 5) is 0. The third kappa shape index (κ3) is 2.08. The molecule has 3 atom stereocenters. The molecule has 2 unspecified atom stereocenters. The van der Waals surface area contributed by atoms with E-state index in [2.05, 4.69) is 0 Å². The maximum absolute atomic E-state index is 14.3. The Bertz CT molecular complexity index is 498. The topological polar surface area (TPSA) is 38.7 Å². The summed E-state index contributed by atoms with van der Waals surface area (Å²) in [7, 11) is 0. The van der Waals surface area contributed by atoms with E-state index in [1.165, 1.54) is 0 Å². The maximum atomic E-state index is 14.3. The first kappa shape index (κ1) is 12.7. The van der Waals surface area contributed by atoms with Crippen LogP contribution < -0.4 is 9.47 Å². The molecule has 1 aliphatic heterocycles. The van der Waals surface area contributed by atoms with Crippen LogP contribution in [0.25, 0.3) is 0 Å². The Labute approximate surface area is 112 Å². The zero-order valence-corrected chi connectivity index (χ0v) is 11.3. The van der Waals surface area contributed by atoms with Gasteiger partial charge in [-0.15, -0.1) is 0 Å². The number of hydrogen-bond donors (Lipinski definition) is 1. The van der Waals surface area contributed by atoms with Crippen molar-refractivity contribution in [3.8, 4) is 11.5 Å². The van der Waals surface area contributed by atoms with Crippen molar-refractivity contribution in [2.45, 2.75) is 50.7 Å². The lowest BCUT2D eigenvalue weighted by Crippen LogP contribution is -2.38. The smallest absolute Gasteiger partial charge is 0.207 e. The van der Waals surface area contributed by atoms with E-state index in [9.17, 15) is 9.50 Å². The molecule has 0 bridgehead atoms. The minimum Gasteiger partial charge on any atom is -0.491 e. The average Bonchev–Trinajstić information content (AvgIpc) is 2.70. The summed E-state index contributed by atoms with van der Waals surface area (Å²) in [5.41, 5.74) is 0.212. The van der Waals surface area contributed by atoms with E-state index in [1.807, 2.05) is 19.9 Å². The molecule has 1 aromatic carbocycles. The third-order valence-corrected chi connectivity index (χ3v) is 4.14. The van der Waals surface area contributed by atoms with Gasteiger partial charge in [0.2, 0.25) is 5.82 Å². The van der Waals surface area contributed by atoms with Crippen molar-refractivity contribution in [1.82, 2.24) is 0 Å². The van der Waals surface area contributed by atoms with Gasteiger partial charge in [-0.05, 0) is 32.8 Å². The molecule has 0 aromatic heterocycles. The molecule has 2 aliphatic rings. The second kappa shape index (κ2) is 4.37. The molecule has 104 valence electrons. The van der Waals surface area contributed by atoms with E-state index in [0.717, 1.165) is 18.4 Å². The van der Waals surface area contributed by atoms with Crippen LogP contribution in [0.3, 0.4) is 0 Å². The number of ether oxygens (including phenoxy) is 2. The lowest BCUT2D eigenvalue weighted by molar-refractivity contribution is -0.0241. The fourth-order valence-corrected chi connectivity index (χ4v) is 3.19. The summed E-state index contributed by atoms with van der Waals surface area (Å²) in [6, 6.07) is 3.57. The van der Waals surface area contributed by atoms with Gasteiger partial charge >= 0.3 is 0 Å². The van der Waals surface area contributed by atoms with E-state index < -0.39 is 11.4 Å². The molecule has 0 spiro atoms. The summed E-state index contributed by atoms with van der Waals surface area (Å²) in [6.45, 7) is 4.07. The Morgan fingerprint density at radius 3 is 3.05 bits per heavy atom. The first-order valence-electron chi connectivity index (χ1n) is 6.86. The highest BCUT2D eigenvalue weighted by Crippen LogP contribution is 2.50. The van der Waals surface area contributed by atoms with E-state index in [4.69, 9.17) is 9.47 Å². The Hall–Kier alpha value is -1.29. The van der Waals surface area contributed by atoms with Crippen LogP contribution in [0.5, 0.6) is 11.5 Å². The average molecular weight is 266 g/mol. The van der Waals surface area contributed by atoms with Gasteiger partial charge in [-0.25, -0.2) is 0 Å². The van der Waals surface area contributed by atoms with Gasteiger partial charge in [-0.2, -0.15) is 4.39 Å². The van der Waals surface area contributed by atoms with Crippen LogP contribution in [-0.2, 0) is 0 Å². The van der Waals surface area contributed by atoms with Gasteiger partial charge in [0.1, 0.15) is 6.10 Å². The van der Waals surface area contributed by atoms with Crippen LogP contribution in [0.2, 0.25) is 0 Å². The molecule has 1 aliphatic carbocycles. The molecule has 1 aromatic rings. The van der Waals surface area contributed by atoms with Crippen molar-refractivity contribution in [2.75, 3.05) is 6.61 Å². The molecule has 3 rings (SSSR count). The normalized spacial score (nSPS) is 32.4. The lowest BCUT2D eigenvalue weighted by Gasteiger charge is -2.35. The number of benzene rings is 1. The highest BCUT2D eigenvalue weighted by Gasteiger charge is 2.44. The van der Waals surface area contributed by atoms with Gasteiger partial charge in [0.25, 0.3) is 0 Å². The second-order valence-corrected chi connectivity index (χ2v) is 5.73. The zero-order chi connectivity index (χ0) is 13.6. The lowest BCUT2D eigenvalue weighted by atomic mass is 9.76. The molecule has 1 fully saturated rings. The molecular weight excluding hydrogens is 247 g/mol. The molecule has 4 heteroatoms. The van der Waals surface area contributed by atoms with Crippen LogP contribution in [0, 0.1) is 5.82 Å². The van der Waals surface area contributed by atoms with Crippen LogP contribution in [0.15, 0.2) is 12.1 Å². The van der Waals surface area contributed by atoms with Crippen LogP contribution in [0.1, 0.15) is 44.6 Å². The maximum Gasteiger partial charge on any atom is 0.207 e. The zero-order valence-electron chi connectivity index (χ0n) is 11.3. The Kier molecular flexibility index (Phi) is 2.93. The predicted octanol–water partition coefficient (Wildman–Crippen LogP) is 3.00. The van der Waals surface area contributed by atoms with Crippen molar-refractivity contribution in [1.29, 1.82) is 0 Å². The molecule has 0 saturated heterocycles. The minimum atomic E-state index is -0.706. The standard InChI is InChI=1S/C15H19FO3/c1-3-18-11-5-4-10-9-6-7-15(2,17)8-12(9)19-14(10)13(11)16/h4-5,9,12,17H,3,6-8H2,1-2H3/t9-,12?,15?/m0/s1. The first-order valence-corrected chi connectivity index (χ1v) is 6.86. The Morgan fingerprint density at radius 2 is 2.32 bits per heavy atom. The van der Waals surface area contributed by atoms with Gasteiger partial charge in [-0.3, -0.25) is 0 Å². The minimum absolute atomic E-state index is 0.120. The fourth-order valence-electron chi connectivity index (χ4n) is 3.19. The van der Waals surface area contributed by atoms with E-state index >= 15 is 0 Å². The number of fused-ring (bicyclic) bond motifs is 3. The van der Waals surface area contributed by atoms with Crippen molar-refractivity contribution in [3.63, 3.8) is 0 Å². The van der Waals surface area contributed by atoms with Gasteiger partial charge < -0.3 is 14.6 Å². The molecule has 1 N–H and O–H groups in total. The number of aliphatic hydroxyl groups is 1. The van der Waals surface area contributed by atoms with E-state index in [0.29, 0.717) is 18.8 Å². The van der Waals surface area contributed by atoms with Gasteiger partial charge in [-0.1, -0.05) is 6.07 Å². The fraction of sp³-hybridized carbons (Fsp3) is 0.600. The Balaban J connectivity index is 1.93. The number of halogens is 1. The summed E-state index contributed by atoms with van der Waals surface area (Å²) in [6.07, 6.45) is 1.99. The molecule has 19 heavy (non-hydrogen) atoms. The molecule has 0 radical (unpaired) electrons. The summed E-state index contributed by atoms with van der Waals surface area (Å²) in [5.74, 6) is 0.346. The molecule has 0 amide bonds. The van der Waals surface area contributed by atoms with Crippen molar-refractivity contribution >= 4 is 0 Å². The summed E-state index contributed by atoms with van der Waals surface area (Å²) >= 11 is 0.